The van der Waals surface area contributed by atoms with Gasteiger partial charge in [-0.3, -0.25) is 4.79 Å². The zero-order valence-corrected chi connectivity index (χ0v) is 10.4. The summed E-state index contributed by atoms with van der Waals surface area (Å²) < 4.78 is 1.41. The van der Waals surface area contributed by atoms with Crippen LogP contribution in [0, 0.1) is 10.1 Å². The number of thioether (sulfide) groups is 1. The average molecular weight is 272 g/mol. The van der Waals surface area contributed by atoms with Crippen molar-refractivity contribution in [1.29, 1.82) is 0 Å². The molecule has 2 aromatic heterocycles. The maximum absolute atomic E-state index is 11.1. The van der Waals surface area contributed by atoms with Crippen LogP contribution in [0.5, 0.6) is 0 Å². The molecule has 0 spiro atoms. The Kier molecular flexibility index (Phi) is 3.29. The first kappa shape index (κ1) is 11.9. The number of carbonyl (C=O) groups excluding carboxylic acids is 1. The zero-order valence-electron chi connectivity index (χ0n) is 8.74. The summed E-state index contributed by atoms with van der Waals surface area (Å²) in [6.07, 6.45) is 1.59. The fraction of sp³-hybridized carbons (Fsp3) is 0.250. The second kappa shape index (κ2) is 4.72. The number of rotatable bonds is 4. The van der Waals surface area contributed by atoms with E-state index in [9.17, 15) is 14.9 Å². The van der Waals surface area contributed by atoms with Crippen molar-refractivity contribution in [2.75, 3.05) is 12.8 Å². The third-order valence-corrected chi connectivity index (χ3v) is 3.71. The lowest BCUT2D eigenvalue weighted by Crippen LogP contribution is -2.19. The number of nitro groups is 1. The molecule has 2 aromatic rings. The lowest BCUT2D eigenvalue weighted by molar-refractivity contribution is -0.393. The highest BCUT2D eigenvalue weighted by Crippen LogP contribution is 2.31. The molecule has 0 saturated heterocycles. The molecule has 0 radical (unpaired) electrons. The molecule has 0 bridgehead atoms. The molecular weight excluding hydrogens is 264 g/mol. The largest absolute Gasteiger partial charge is 0.362 e. The molecule has 1 N–H and O–H groups in total. The molecule has 0 aliphatic heterocycles. The van der Waals surface area contributed by atoms with Crippen LogP contribution in [0.3, 0.4) is 0 Å². The number of carbonyl (C=O) groups is 1. The van der Waals surface area contributed by atoms with Crippen molar-refractivity contribution in [3.63, 3.8) is 0 Å². The molecule has 2 heterocycles. The highest BCUT2D eigenvalue weighted by Gasteiger charge is 2.24. The zero-order chi connectivity index (χ0) is 12.4. The van der Waals surface area contributed by atoms with Gasteiger partial charge in [-0.2, -0.15) is 9.38 Å². The van der Waals surface area contributed by atoms with Crippen molar-refractivity contribution < 1.29 is 9.72 Å². The molecular formula is C8H8N4O3S2. The number of aromatic nitrogens is 2. The minimum Gasteiger partial charge on any atom is -0.358 e. The molecule has 0 aliphatic carbocycles. The highest BCUT2D eigenvalue weighted by molar-refractivity contribution is 8.00. The standard InChI is InChI=1S/C8H8N4O3S2/c1-9-5(13)4-17-6-7(12(14)15)11-2-3-16-8(11)10-6/h2-3H,4H2,1H3,(H,9,13). The van der Waals surface area contributed by atoms with Crippen LogP contribution in [0.25, 0.3) is 4.96 Å². The van der Waals surface area contributed by atoms with Gasteiger partial charge in [0, 0.05) is 12.4 Å². The fourth-order valence-corrected chi connectivity index (χ4v) is 2.86. The van der Waals surface area contributed by atoms with E-state index in [4.69, 9.17) is 0 Å². The van der Waals surface area contributed by atoms with Crippen LogP contribution >= 0.6 is 23.1 Å². The summed E-state index contributed by atoms with van der Waals surface area (Å²) in [5.74, 6) is -0.168. The van der Waals surface area contributed by atoms with Crippen molar-refractivity contribution >= 4 is 39.8 Å². The number of nitrogens with zero attached hydrogens (tertiary/aromatic N) is 3. The van der Waals surface area contributed by atoms with E-state index in [0.717, 1.165) is 11.8 Å². The van der Waals surface area contributed by atoms with E-state index >= 15 is 0 Å². The third-order valence-electron chi connectivity index (χ3n) is 2.00. The van der Waals surface area contributed by atoms with Crippen LogP contribution in [0.2, 0.25) is 0 Å². The topological polar surface area (TPSA) is 89.5 Å². The summed E-state index contributed by atoms with van der Waals surface area (Å²) >= 11 is 2.37. The van der Waals surface area contributed by atoms with Crippen molar-refractivity contribution in [2.45, 2.75) is 5.03 Å². The third kappa shape index (κ3) is 2.24. The maximum Gasteiger partial charge on any atom is 0.362 e. The molecule has 1 amide bonds. The van der Waals surface area contributed by atoms with Crippen molar-refractivity contribution in [2.24, 2.45) is 0 Å². The first-order valence-corrected chi connectivity index (χ1v) is 6.43. The van der Waals surface area contributed by atoms with Gasteiger partial charge in [-0.25, -0.2) is 0 Å². The molecule has 0 aliphatic rings. The number of thiazole rings is 1. The number of hydrogen-bond acceptors (Lipinski definition) is 6. The summed E-state index contributed by atoms with van der Waals surface area (Å²) in [6.45, 7) is 0. The van der Waals surface area contributed by atoms with Gasteiger partial charge in [0.15, 0.2) is 5.03 Å². The van der Waals surface area contributed by atoms with Gasteiger partial charge in [-0.05, 0) is 4.92 Å². The molecule has 90 valence electrons. The molecule has 17 heavy (non-hydrogen) atoms. The van der Waals surface area contributed by atoms with E-state index in [1.807, 2.05) is 0 Å². The average Bonchev–Trinajstić information content (AvgIpc) is 2.84. The van der Waals surface area contributed by atoms with E-state index in [1.165, 1.54) is 22.8 Å². The molecule has 0 saturated carbocycles. The summed E-state index contributed by atoms with van der Waals surface area (Å²) in [6, 6.07) is 0. The van der Waals surface area contributed by atoms with Crippen molar-refractivity contribution in [3.05, 3.63) is 21.7 Å². The van der Waals surface area contributed by atoms with Crippen LogP contribution in [0.1, 0.15) is 0 Å². The Morgan fingerprint density at radius 1 is 1.76 bits per heavy atom. The predicted octanol–water partition coefficient (Wildman–Crippen LogP) is 1.14. The van der Waals surface area contributed by atoms with E-state index < -0.39 is 4.92 Å². The Morgan fingerprint density at radius 2 is 2.53 bits per heavy atom. The predicted molar refractivity (Wildman–Crippen MR) is 64.5 cm³/mol. The SMILES string of the molecule is CNC(=O)CSc1nc2sccn2c1[N+](=O)[O-]. The van der Waals surface area contributed by atoms with E-state index in [2.05, 4.69) is 10.3 Å². The van der Waals surface area contributed by atoms with Gasteiger partial charge in [0.25, 0.3) is 4.96 Å². The van der Waals surface area contributed by atoms with Gasteiger partial charge in [-0.1, -0.05) is 23.1 Å². The Morgan fingerprint density at radius 3 is 3.18 bits per heavy atom. The van der Waals surface area contributed by atoms with Gasteiger partial charge in [0.1, 0.15) is 6.20 Å². The van der Waals surface area contributed by atoms with Crippen molar-refractivity contribution in [3.8, 4) is 0 Å². The maximum atomic E-state index is 11.1. The number of imidazole rings is 1. The minimum absolute atomic E-state index is 0.0878. The summed E-state index contributed by atoms with van der Waals surface area (Å²) in [7, 11) is 1.52. The van der Waals surface area contributed by atoms with E-state index in [0.29, 0.717) is 4.96 Å². The minimum atomic E-state index is -0.487. The van der Waals surface area contributed by atoms with E-state index in [-0.39, 0.29) is 22.5 Å². The van der Waals surface area contributed by atoms with Crippen molar-refractivity contribution in [1.82, 2.24) is 14.7 Å². The van der Waals surface area contributed by atoms with Crippen LogP contribution < -0.4 is 5.32 Å². The number of fused-ring (bicyclic) bond motifs is 1. The number of hydrogen-bond donors (Lipinski definition) is 1. The normalized spacial score (nSPS) is 10.6. The number of nitrogens with one attached hydrogen (secondary N) is 1. The highest BCUT2D eigenvalue weighted by atomic mass is 32.2. The van der Waals surface area contributed by atoms with Gasteiger partial charge in [0.2, 0.25) is 5.91 Å². The number of amides is 1. The Labute approximate surface area is 104 Å². The van der Waals surface area contributed by atoms with Crippen LogP contribution in [0.4, 0.5) is 5.82 Å². The Bertz CT molecular complexity index is 576. The molecule has 0 unspecified atom stereocenters. The van der Waals surface area contributed by atoms with Crippen LogP contribution in [-0.4, -0.2) is 33.0 Å². The Balaban J connectivity index is 2.32. The molecule has 0 aromatic carbocycles. The molecule has 9 heteroatoms. The second-order valence-corrected chi connectivity index (χ2v) is 4.85. The molecule has 2 rings (SSSR count). The van der Waals surface area contributed by atoms with Gasteiger partial charge in [0.05, 0.1) is 5.75 Å². The summed E-state index contributed by atoms with van der Waals surface area (Å²) in [4.78, 5) is 26.2. The summed E-state index contributed by atoms with van der Waals surface area (Å²) in [5.41, 5.74) is 0. The van der Waals surface area contributed by atoms with E-state index in [1.54, 1.807) is 11.6 Å². The smallest absolute Gasteiger partial charge is 0.358 e. The monoisotopic (exact) mass is 272 g/mol. The van der Waals surface area contributed by atoms with Crippen LogP contribution in [0.15, 0.2) is 16.6 Å². The molecule has 7 nitrogen and oxygen atoms in total. The summed E-state index contributed by atoms with van der Waals surface area (Å²) in [5, 5.41) is 15.4. The lowest BCUT2D eigenvalue weighted by Gasteiger charge is -1.97. The van der Waals surface area contributed by atoms with Crippen LogP contribution in [-0.2, 0) is 4.79 Å². The lowest BCUT2D eigenvalue weighted by atomic mass is 10.7. The van der Waals surface area contributed by atoms with Gasteiger partial charge in [-0.15, -0.1) is 0 Å². The molecule has 0 fully saturated rings. The fourth-order valence-electron chi connectivity index (χ4n) is 1.22. The second-order valence-electron chi connectivity index (χ2n) is 3.02. The van der Waals surface area contributed by atoms with Gasteiger partial charge >= 0.3 is 5.82 Å². The quantitative estimate of drug-likeness (QED) is 0.512. The van der Waals surface area contributed by atoms with Gasteiger partial charge < -0.3 is 15.4 Å². The molecule has 0 atom stereocenters. The first-order chi connectivity index (χ1) is 8.13. The first-order valence-electron chi connectivity index (χ1n) is 4.57. The Hall–Kier alpha value is -1.61.